The first-order valence-electron chi connectivity index (χ1n) is 5.40. The first-order valence-corrected chi connectivity index (χ1v) is 6.21. The molecule has 0 amide bonds. The molecule has 0 unspecified atom stereocenters. The second-order valence-corrected chi connectivity index (χ2v) is 6.10. The van der Waals surface area contributed by atoms with Crippen molar-refractivity contribution in [2.75, 3.05) is 0 Å². The number of thiophene rings is 1. The molecule has 2 rings (SSSR count). The maximum atomic E-state index is 11.9. The van der Waals surface area contributed by atoms with Gasteiger partial charge in [0, 0.05) is 5.41 Å². The van der Waals surface area contributed by atoms with E-state index in [0.717, 1.165) is 11.3 Å². The molecule has 0 saturated heterocycles. The van der Waals surface area contributed by atoms with E-state index in [4.69, 9.17) is 9.52 Å². The third-order valence-electron chi connectivity index (χ3n) is 2.56. The monoisotopic (exact) mass is 267 g/mol. The maximum Gasteiger partial charge on any atom is 0.348 e. The Hall–Kier alpha value is -1.69. The van der Waals surface area contributed by atoms with Crippen LogP contribution in [0.3, 0.4) is 0 Å². The summed E-state index contributed by atoms with van der Waals surface area (Å²) >= 11 is 1.01. The minimum Gasteiger partial charge on any atom is -0.477 e. The maximum absolute atomic E-state index is 11.9. The number of hydrogen-bond donors (Lipinski definition) is 1. The molecule has 5 nitrogen and oxygen atoms in total. The van der Waals surface area contributed by atoms with Crippen molar-refractivity contribution >= 4 is 27.5 Å². The first kappa shape index (κ1) is 12.8. The lowest BCUT2D eigenvalue weighted by atomic mass is 9.97. The molecule has 0 spiro atoms. The molecule has 2 aromatic rings. The standard InChI is InChI=1S/C12H13NO4S/c1-5-6-8(18-7(5)9(14)15)13-11(12(2,3)4)17-10(6)16/h1-4H3,(H,14,15). The lowest BCUT2D eigenvalue weighted by Crippen LogP contribution is -2.17. The molecule has 0 bridgehead atoms. The molecule has 0 aliphatic rings. The van der Waals surface area contributed by atoms with E-state index in [0.29, 0.717) is 16.3 Å². The van der Waals surface area contributed by atoms with Gasteiger partial charge < -0.3 is 9.52 Å². The molecule has 0 aliphatic heterocycles. The van der Waals surface area contributed by atoms with Crippen molar-refractivity contribution in [2.24, 2.45) is 0 Å². The van der Waals surface area contributed by atoms with Gasteiger partial charge in [-0.3, -0.25) is 0 Å². The molecule has 0 atom stereocenters. The van der Waals surface area contributed by atoms with Crippen molar-refractivity contribution < 1.29 is 14.3 Å². The molecule has 18 heavy (non-hydrogen) atoms. The quantitative estimate of drug-likeness (QED) is 0.858. The van der Waals surface area contributed by atoms with Gasteiger partial charge in [0.2, 0.25) is 5.89 Å². The van der Waals surface area contributed by atoms with E-state index in [9.17, 15) is 9.59 Å². The second kappa shape index (κ2) is 3.91. The Labute approximate surface area is 107 Å². The number of aromatic nitrogens is 1. The molecule has 96 valence electrons. The summed E-state index contributed by atoms with van der Waals surface area (Å²) in [4.78, 5) is 27.8. The van der Waals surface area contributed by atoms with Crippen LogP contribution in [0.25, 0.3) is 10.2 Å². The van der Waals surface area contributed by atoms with Gasteiger partial charge in [0.25, 0.3) is 0 Å². The highest BCUT2D eigenvalue weighted by atomic mass is 32.1. The van der Waals surface area contributed by atoms with Crippen LogP contribution in [0.5, 0.6) is 0 Å². The van der Waals surface area contributed by atoms with Gasteiger partial charge in [0.05, 0.1) is 0 Å². The predicted molar refractivity (Wildman–Crippen MR) is 68.6 cm³/mol. The van der Waals surface area contributed by atoms with E-state index in [2.05, 4.69) is 4.98 Å². The fourth-order valence-corrected chi connectivity index (χ4v) is 2.60. The summed E-state index contributed by atoms with van der Waals surface area (Å²) in [5, 5.41) is 9.31. The molecule has 2 heterocycles. The zero-order chi connectivity index (χ0) is 13.7. The number of nitrogens with zero attached hydrogens (tertiary/aromatic N) is 1. The van der Waals surface area contributed by atoms with Gasteiger partial charge in [-0.25, -0.2) is 14.6 Å². The molecule has 6 heteroatoms. The van der Waals surface area contributed by atoms with Crippen molar-refractivity contribution in [2.45, 2.75) is 33.1 Å². The Kier molecular flexibility index (Phi) is 2.77. The number of aryl methyl sites for hydroxylation is 1. The van der Waals surface area contributed by atoms with Crippen molar-refractivity contribution in [1.29, 1.82) is 0 Å². The van der Waals surface area contributed by atoms with Crippen molar-refractivity contribution in [3.8, 4) is 0 Å². The Morgan fingerprint density at radius 1 is 1.39 bits per heavy atom. The fraction of sp³-hybridized carbons (Fsp3) is 0.417. The van der Waals surface area contributed by atoms with Crippen LogP contribution in [0.15, 0.2) is 9.21 Å². The summed E-state index contributed by atoms with van der Waals surface area (Å²) in [5.74, 6) is -0.731. The van der Waals surface area contributed by atoms with Crippen LogP contribution in [0.2, 0.25) is 0 Å². The number of hydrogen-bond acceptors (Lipinski definition) is 5. The van der Waals surface area contributed by atoms with E-state index in [1.807, 2.05) is 20.8 Å². The van der Waals surface area contributed by atoms with Gasteiger partial charge >= 0.3 is 11.6 Å². The zero-order valence-electron chi connectivity index (χ0n) is 10.5. The average Bonchev–Trinajstić information content (AvgIpc) is 2.55. The number of carboxylic acid groups (broad SMARTS) is 1. The Balaban J connectivity index is 2.84. The largest absolute Gasteiger partial charge is 0.477 e. The van der Waals surface area contributed by atoms with Gasteiger partial charge in [-0.1, -0.05) is 20.8 Å². The Bertz CT molecular complexity index is 690. The predicted octanol–water partition coefficient (Wildman–Crippen LogP) is 2.55. The summed E-state index contributed by atoms with van der Waals surface area (Å²) in [6.07, 6.45) is 0. The summed E-state index contributed by atoms with van der Waals surface area (Å²) in [6, 6.07) is 0. The van der Waals surface area contributed by atoms with Gasteiger partial charge in [0.15, 0.2) is 0 Å². The summed E-state index contributed by atoms with van der Waals surface area (Å²) in [5.41, 5.74) is -0.496. The van der Waals surface area contributed by atoms with Crippen LogP contribution < -0.4 is 5.63 Å². The first-order chi connectivity index (χ1) is 8.21. The van der Waals surface area contributed by atoms with Crippen LogP contribution in [0.1, 0.15) is 41.9 Å². The Morgan fingerprint density at radius 2 is 2.00 bits per heavy atom. The smallest absolute Gasteiger partial charge is 0.348 e. The van der Waals surface area contributed by atoms with Gasteiger partial charge in [-0.05, 0) is 12.5 Å². The highest BCUT2D eigenvalue weighted by Crippen LogP contribution is 2.29. The molecule has 0 radical (unpaired) electrons. The van der Waals surface area contributed by atoms with Crippen molar-refractivity contribution in [3.05, 3.63) is 26.8 Å². The van der Waals surface area contributed by atoms with Crippen LogP contribution in [-0.2, 0) is 5.41 Å². The van der Waals surface area contributed by atoms with Crippen molar-refractivity contribution in [1.82, 2.24) is 4.98 Å². The van der Waals surface area contributed by atoms with E-state index < -0.39 is 17.0 Å². The highest BCUT2D eigenvalue weighted by Gasteiger charge is 2.24. The topological polar surface area (TPSA) is 80.4 Å². The van der Waals surface area contributed by atoms with Crippen LogP contribution in [0.4, 0.5) is 0 Å². The molecule has 1 N–H and O–H groups in total. The summed E-state index contributed by atoms with van der Waals surface area (Å²) in [7, 11) is 0. The molecule has 2 aromatic heterocycles. The lowest BCUT2D eigenvalue weighted by Gasteiger charge is -2.14. The molecule has 0 saturated carbocycles. The molecular weight excluding hydrogens is 254 g/mol. The van der Waals surface area contributed by atoms with Gasteiger partial charge in [0.1, 0.15) is 15.1 Å². The van der Waals surface area contributed by atoms with Gasteiger partial charge in [-0.2, -0.15) is 0 Å². The van der Waals surface area contributed by atoms with Crippen LogP contribution >= 0.6 is 11.3 Å². The van der Waals surface area contributed by atoms with E-state index in [-0.39, 0.29) is 10.3 Å². The zero-order valence-corrected chi connectivity index (χ0v) is 11.3. The normalized spacial score (nSPS) is 12.0. The summed E-state index contributed by atoms with van der Waals surface area (Å²) < 4.78 is 5.18. The van der Waals surface area contributed by atoms with Gasteiger partial charge in [-0.15, -0.1) is 11.3 Å². The third kappa shape index (κ3) is 1.92. The minimum absolute atomic E-state index is 0.135. The van der Waals surface area contributed by atoms with Crippen molar-refractivity contribution in [3.63, 3.8) is 0 Å². The number of fused-ring (bicyclic) bond motifs is 1. The van der Waals surface area contributed by atoms with E-state index >= 15 is 0 Å². The highest BCUT2D eigenvalue weighted by molar-refractivity contribution is 7.20. The number of carboxylic acids is 1. The fourth-order valence-electron chi connectivity index (χ4n) is 1.60. The number of rotatable bonds is 1. The molecule has 0 aliphatic carbocycles. The second-order valence-electron chi connectivity index (χ2n) is 5.10. The average molecular weight is 267 g/mol. The summed E-state index contributed by atoms with van der Waals surface area (Å²) in [6.45, 7) is 7.23. The SMILES string of the molecule is Cc1c(C(=O)O)sc2nc(C(C)(C)C)oc(=O)c12. The van der Waals surface area contributed by atoms with E-state index in [1.165, 1.54) is 0 Å². The minimum atomic E-state index is -1.05. The number of carbonyl (C=O) groups is 1. The third-order valence-corrected chi connectivity index (χ3v) is 3.73. The molecular formula is C12H13NO4S. The number of aromatic carboxylic acids is 1. The van der Waals surface area contributed by atoms with E-state index in [1.54, 1.807) is 6.92 Å². The van der Waals surface area contributed by atoms with Crippen LogP contribution in [0, 0.1) is 6.92 Å². The lowest BCUT2D eigenvalue weighted by molar-refractivity contribution is 0.0701. The molecule has 0 aromatic carbocycles. The molecule has 0 fully saturated rings. The Morgan fingerprint density at radius 3 is 2.50 bits per heavy atom. The van der Waals surface area contributed by atoms with Crippen LogP contribution in [-0.4, -0.2) is 16.1 Å².